The zero-order valence-electron chi connectivity index (χ0n) is 8.09. The molecule has 4 N–H and O–H groups in total. The number of carboxylic acid groups (broad SMARTS) is 1. The molecule has 1 aromatic carbocycles. The predicted molar refractivity (Wildman–Crippen MR) is 58.7 cm³/mol. The second kappa shape index (κ2) is 5.75. The van der Waals surface area contributed by atoms with Crippen molar-refractivity contribution in [3.05, 3.63) is 29.8 Å². The van der Waals surface area contributed by atoms with Crippen molar-refractivity contribution >= 4 is 17.7 Å². The molecule has 5 heteroatoms. The van der Waals surface area contributed by atoms with Gasteiger partial charge in [-0.3, -0.25) is 4.79 Å². The molecule has 0 aromatic heterocycles. The maximum atomic E-state index is 10.4. The fourth-order valence-electron chi connectivity index (χ4n) is 0.948. The monoisotopic (exact) mass is 227 g/mol. The number of hydrogen-bond acceptors (Lipinski definition) is 4. The molecule has 0 aliphatic heterocycles. The van der Waals surface area contributed by atoms with Crippen molar-refractivity contribution in [2.24, 2.45) is 5.73 Å². The number of nitrogens with two attached hydrogens (primary N) is 1. The van der Waals surface area contributed by atoms with Crippen LogP contribution in [0, 0.1) is 0 Å². The summed E-state index contributed by atoms with van der Waals surface area (Å²) in [4.78, 5) is 11.4. The summed E-state index contributed by atoms with van der Waals surface area (Å²) in [6.07, 6.45) is 0. The van der Waals surface area contributed by atoms with Crippen molar-refractivity contribution in [3.63, 3.8) is 0 Å². The number of thioether (sulfide) groups is 1. The second-order valence-corrected chi connectivity index (χ2v) is 4.15. The first-order valence-electron chi connectivity index (χ1n) is 4.44. The Morgan fingerprint density at radius 3 is 2.47 bits per heavy atom. The van der Waals surface area contributed by atoms with E-state index in [1.807, 2.05) is 12.1 Å². The highest BCUT2D eigenvalue weighted by Crippen LogP contribution is 2.18. The van der Waals surface area contributed by atoms with Crippen LogP contribution in [0.15, 0.2) is 29.2 Å². The van der Waals surface area contributed by atoms with Gasteiger partial charge in [-0.25, -0.2) is 0 Å². The van der Waals surface area contributed by atoms with Gasteiger partial charge in [-0.2, -0.15) is 0 Å². The summed E-state index contributed by atoms with van der Waals surface area (Å²) in [5, 5.41) is 17.4. The van der Waals surface area contributed by atoms with Gasteiger partial charge in [0.1, 0.15) is 6.04 Å². The summed E-state index contributed by atoms with van der Waals surface area (Å²) in [6.45, 7) is 0.0135. The fraction of sp³-hybridized carbons (Fsp3) is 0.300. The van der Waals surface area contributed by atoms with E-state index in [2.05, 4.69) is 0 Å². The van der Waals surface area contributed by atoms with Crippen LogP contribution in [-0.4, -0.2) is 28.0 Å². The zero-order chi connectivity index (χ0) is 11.3. The summed E-state index contributed by atoms with van der Waals surface area (Å²) in [7, 11) is 0. The molecular formula is C10H13NO3S. The maximum Gasteiger partial charge on any atom is 0.321 e. The lowest BCUT2D eigenvalue weighted by Crippen LogP contribution is -2.32. The normalized spacial score (nSPS) is 12.4. The first kappa shape index (κ1) is 12.0. The first-order valence-corrected chi connectivity index (χ1v) is 5.43. The van der Waals surface area contributed by atoms with Crippen molar-refractivity contribution in [1.82, 2.24) is 0 Å². The van der Waals surface area contributed by atoms with Crippen molar-refractivity contribution in [2.45, 2.75) is 17.5 Å². The van der Waals surface area contributed by atoms with Crippen LogP contribution in [0.1, 0.15) is 5.56 Å². The minimum absolute atomic E-state index is 0.0135. The summed E-state index contributed by atoms with van der Waals surface area (Å²) >= 11 is 1.39. The SMILES string of the molecule is NC(CSc1ccc(CO)cc1)C(=O)O. The van der Waals surface area contributed by atoms with Crippen LogP contribution in [0.25, 0.3) is 0 Å². The topological polar surface area (TPSA) is 83.5 Å². The maximum absolute atomic E-state index is 10.4. The molecule has 0 fully saturated rings. The molecule has 0 aliphatic rings. The molecule has 0 bridgehead atoms. The molecule has 0 spiro atoms. The van der Waals surface area contributed by atoms with Crippen LogP contribution in [0.3, 0.4) is 0 Å². The van der Waals surface area contributed by atoms with Gasteiger partial charge < -0.3 is 15.9 Å². The summed E-state index contributed by atoms with van der Waals surface area (Å²) in [6, 6.07) is 6.44. The van der Waals surface area contributed by atoms with E-state index in [-0.39, 0.29) is 6.61 Å². The minimum atomic E-state index is -0.991. The molecule has 0 saturated heterocycles. The molecule has 1 atom stereocenters. The van der Waals surface area contributed by atoms with Crippen LogP contribution in [0.2, 0.25) is 0 Å². The average Bonchev–Trinajstić information content (AvgIpc) is 2.26. The Kier molecular flexibility index (Phi) is 4.61. The first-order chi connectivity index (χ1) is 7.13. The average molecular weight is 227 g/mol. The van der Waals surface area contributed by atoms with Crippen LogP contribution in [0.5, 0.6) is 0 Å². The van der Waals surface area contributed by atoms with Gasteiger partial charge in [-0.15, -0.1) is 11.8 Å². The number of carboxylic acids is 1. The quantitative estimate of drug-likeness (QED) is 0.644. The van der Waals surface area contributed by atoms with Crippen LogP contribution >= 0.6 is 11.8 Å². The Morgan fingerprint density at radius 1 is 1.40 bits per heavy atom. The largest absolute Gasteiger partial charge is 0.480 e. The number of benzene rings is 1. The summed E-state index contributed by atoms with van der Waals surface area (Å²) in [5.41, 5.74) is 6.20. The number of rotatable bonds is 5. The van der Waals surface area contributed by atoms with Gasteiger partial charge in [-0.1, -0.05) is 12.1 Å². The number of aliphatic hydroxyl groups excluding tert-OH is 1. The van der Waals surface area contributed by atoms with Crippen molar-refractivity contribution in [1.29, 1.82) is 0 Å². The lowest BCUT2D eigenvalue weighted by atomic mass is 10.2. The van der Waals surface area contributed by atoms with Gasteiger partial charge in [0.25, 0.3) is 0 Å². The molecule has 0 radical (unpaired) electrons. The molecule has 1 unspecified atom stereocenters. The minimum Gasteiger partial charge on any atom is -0.480 e. The molecule has 4 nitrogen and oxygen atoms in total. The van der Waals surface area contributed by atoms with Gasteiger partial charge >= 0.3 is 5.97 Å². The molecule has 82 valence electrons. The van der Waals surface area contributed by atoms with Gasteiger partial charge in [0.15, 0.2) is 0 Å². The molecule has 1 aromatic rings. The molecule has 0 heterocycles. The standard InChI is InChI=1S/C10H13NO3S/c11-9(10(13)14)6-15-8-3-1-7(5-12)2-4-8/h1-4,9,12H,5-6,11H2,(H,13,14). The number of aliphatic hydroxyl groups is 1. The number of carbonyl (C=O) groups is 1. The zero-order valence-corrected chi connectivity index (χ0v) is 8.91. The summed E-state index contributed by atoms with van der Waals surface area (Å²) < 4.78 is 0. The highest BCUT2D eigenvalue weighted by molar-refractivity contribution is 7.99. The smallest absolute Gasteiger partial charge is 0.321 e. The van der Waals surface area contributed by atoms with E-state index < -0.39 is 12.0 Å². The van der Waals surface area contributed by atoms with E-state index in [1.165, 1.54) is 11.8 Å². The predicted octanol–water partition coefficient (Wildman–Crippen LogP) is 0.683. The third-order valence-corrected chi connectivity index (χ3v) is 2.98. The second-order valence-electron chi connectivity index (χ2n) is 3.06. The highest BCUT2D eigenvalue weighted by atomic mass is 32.2. The lowest BCUT2D eigenvalue weighted by molar-refractivity contribution is -0.137. The lowest BCUT2D eigenvalue weighted by Gasteiger charge is -2.06. The van der Waals surface area contributed by atoms with E-state index in [4.69, 9.17) is 15.9 Å². The third kappa shape index (κ3) is 3.91. The van der Waals surface area contributed by atoms with Crippen molar-refractivity contribution < 1.29 is 15.0 Å². The molecule has 15 heavy (non-hydrogen) atoms. The molecule has 0 aliphatic carbocycles. The summed E-state index contributed by atoms with van der Waals surface area (Å²) in [5.74, 6) is -0.650. The Bertz CT molecular complexity index is 326. The van der Waals surface area contributed by atoms with E-state index >= 15 is 0 Å². The van der Waals surface area contributed by atoms with Gasteiger partial charge in [0, 0.05) is 10.6 Å². The Labute approximate surface area is 92.1 Å². The van der Waals surface area contributed by atoms with E-state index in [0.717, 1.165) is 10.5 Å². The van der Waals surface area contributed by atoms with Crippen LogP contribution in [-0.2, 0) is 11.4 Å². The van der Waals surface area contributed by atoms with E-state index in [9.17, 15) is 4.79 Å². The molecule has 0 amide bonds. The number of aliphatic carboxylic acids is 1. The van der Waals surface area contributed by atoms with Crippen LogP contribution in [0.4, 0.5) is 0 Å². The fourth-order valence-corrected chi connectivity index (χ4v) is 1.79. The van der Waals surface area contributed by atoms with Crippen molar-refractivity contribution in [3.8, 4) is 0 Å². The Balaban J connectivity index is 2.47. The van der Waals surface area contributed by atoms with E-state index in [1.54, 1.807) is 12.1 Å². The molecular weight excluding hydrogens is 214 g/mol. The third-order valence-electron chi connectivity index (χ3n) is 1.85. The number of hydrogen-bond donors (Lipinski definition) is 3. The molecule has 1 rings (SSSR count). The van der Waals surface area contributed by atoms with Crippen molar-refractivity contribution in [2.75, 3.05) is 5.75 Å². The van der Waals surface area contributed by atoms with Gasteiger partial charge in [0.2, 0.25) is 0 Å². The Hall–Kier alpha value is -1.04. The highest BCUT2D eigenvalue weighted by Gasteiger charge is 2.11. The van der Waals surface area contributed by atoms with E-state index in [0.29, 0.717) is 5.75 Å². The van der Waals surface area contributed by atoms with Gasteiger partial charge in [-0.05, 0) is 17.7 Å². The van der Waals surface area contributed by atoms with Crippen LogP contribution < -0.4 is 5.73 Å². The Morgan fingerprint density at radius 2 is 2.00 bits per heavy atom. The van der Waals surface area contributed by atoms with Gasteiger partial charge in [0.05, 0.1) is 6.61 Å². The molecule has 0 saturated carbocycles.